The van der Waals surface area contributed by atoms with E-state index in [0.717, 1.165) is 10.4 Å². The molecule has 1 N–H and O–H groups in total. The maximum atomic E-state index is 12.2. The highest BCUT2D eigenvalue weighted by molar-refractivity contribution is 7.15. The van der Waals surface area contributed by atoms with Crippen LogP contribution < -0.4 is 4.90 Å². The molecule has 0 aromatic carbocycles. The second-order valence-electron chi connectivity index (χ2n) is 5.38. The zero-order valence-corrected chi connectivity index (χ0v) is 12.7. The molecular formula is C14H13NO3S2. The van der Waals surface area contributed by atoms with Crippen LogP contribution in [-0.2, 0) is 4.79 Å². The van der Waals surface area contributed by atoms with E-state index in [1.165, 1.54) is 11.3 Å². The highest BCUT2D eigenvalue weighted by atomic mass is 32.1. The average Bonchev–Trinajstić information content (AvgIpc) is 3.03. The summed E-state index contributed by atoms with van der Waals surface area (Å²) in [6.07, 6.45) is 0. The van der Waals surface area contributed by atoms with Crippen LogP contribution >= 0.6 is 22.7 Å². The molecule has 1 aliphatic rings. The monoisotopic (exact) mass is 307 g/mol. The van der Waals surface area contributed by atoms with Gasteiger partial charge in [-0.2, -0.15) is 0 Å². The van der Waals surface area contributed by atoms with Crippen LogP contribution in [0, 0.1) is 5.41 Å². The lowest BCUT2D eigenvalue weighted by Gasteiger charge is -2.44. The Morgan fingerprint density at radius 1 is 1.40 bits per heavy atom. The highest BCUT2D eigenvalue weighted by Crippen LogP contribution is 2.46. The Hall–Kier alpha value is -1.66. The van der Waals surface area contributed by atoms with Gasteiger partial charge in [0.15, 0.2) is 0 Å². The number of anilines is 1. The van der Waals surface area contributed by atoms with Gasteiger partial charge in [-0.05, 0) is 25.3 Å². The number of hydrogen-bond donors (Lipinski definition) is 1. The molecule has 20 heavy (non-hydrogen) atoms. The summed E-state index contributed by atoms with van der Waals surface area (Å²) in [6.45, 7) is 4.31. The molecule has 0 bridgehead atoms. The summed E-state index contributed by atoms with van der Waals surface area (Å²) in [6, 6.07) is 3.86. The number of aromatic carboxylic acids is 1. The fraction of sp³-hybridized carbons (Fsp3) is 0.286. The molecule has 0 saturated carbocycles. The van der Waals surface area contributed by atoms with Crippen molar-refractivity contribution in [3.63, 3.8) is 0 Å². The summed E-state index contributed by atoms with van der Waals surface area (Å²) in [7, 11) is 0. The van der Waals surface area contributed by atoms with Gasteiger partial charge in [0.2, 0.25) is 5.91 Å². The zero-order chi connectivity index (χ0) is 14.5. The molecule has 0 aliphatic carbocycles. The van der Waals surface area contributed by atoms with Gasteiger partial charge in [0.1, 0.15) is 4.88 Å². The first kappa shape index (κ1) is 13.3. The van der Waals surface area contributed by atoms with Crippen LogP contribution in [0.4, 0.5) is 5.69 Å². The van der Waals surface area contributed by atoms with Crippen LogP contribution in [0.15, 0.2) is 22.9 Å². The maximum Gasteiger partial charge on any atom is 0.348 e. The lowest BCUT2D eigenvalue weighted by molar-refractivity contribution is -0.132. The normalized spacial score (nSPS) is 17.1. The van der Waals surface area contributed by atoms with Crippen molar-refractivity contribution in [1.82, 2.24) is 0 Å². The van der Waals surface area contributed by atoms with Gasteiger partial charge in [-0.25, -0.2) is 4.79 Å². The van der Waals surface area contributed by atoms with Crippen molar-refractivity contribution in [2.24, 2.45) is 5.41 Å². The molecule has 1 saturated heterocycles. The summed E-state index contributed by atoms with van der Waals surface area (Å²) in [5, 5.41) is 13.1. The van der Waals surface area contributed by atoms with Gasteiger partial charge < -0.3 is 10.0 Å². The van der Waals surface area contributed by atoms with E-state index in [1.807, 2.05) is 36.7 Å². The fourth-order valence-corrected chi connectivity index (χ4v) is 4.09. The van der Waals surface area contributed by atoms with Gasteiger partial charge >= 0.3 is 5.97 Å². The van der Waals surface area contributed by atoms with E-state index in [9.17, 15) is 14.7 Å². The van der Waals surface area contributed by atoms with E-state index >= 15 is 0 Å². The molecule has 3 heterocycles. The number of carboxylic acids is 1. The van der Waals surface area contributed by atoms with Crippen molar-refractivity contribution in [3.8, 4) is 10.4 Å². The first-order chi connectivity index (χ1) is 9.42. The quantitative estimate of drug-likeness (QED) is 0.882. The van der Waals surface area contributed by atoms with Crippen molar-refractivity contribution >= 4 is 40.2 Å². The van der Waals surface area contributed by atoms with Crippen LogP contribution in [0.5, 0.6) is 0 Å². The number of carbonyl (C=O) groups excluding carboxylic acids is 1. The Morgan fingerprint density at radius 3 is 2.65 bits per heavy atom. The molecule has 1 aliphatic heterocycles. The summed E-state index contributed by atoms with van der Waals surface area (Å²) in [5.41, 5.74) is 0.991. The van der Waals surface area contributed by atoms with Crippen molar-refractivity contribution in [1.29, 1.82) is 0 Å². The number of amides is 1. The summed E-state index contributed by atoms with van der Waals surface area (Å²) < 4.78 is 0. The molecule has 2 aromatic rings. The van der Waals surface area contributed by atoms with Gasteiger partial charge in [-0.15, -0.1) is 22.7 Å². The Labute approximate surface area is 124 Å². The summed E-state index contributed by atoms with van der Waals surface area (Å²) in [5.74, 6) is -0.999. The minimum atomic E-state index is -0.981. The molecule has 1 fully saturated rings. The average molecular weight is 307 g/mol. The number of nitrogens with zero attached hydrogens (tertiary/aromatic N) is 1. The molecule has 0 spiro atoms. The second-order valence-corrected chi connectivity index (χ2v) is 7.21. The van der Waals surface area contributed by atoms with Crippen LogP contribution in [0.2, 0.25) is 0 Å². The summed E-state index contributed by atoms with van der Waals surface area (Å²) >= 11 is 2.72. The Balaban J connectivity index is 2.11. The molecule has 4 nitrogen and oxygen atoms in total. The van der Waals surface area contributed by atoms with E-state index in [0.29, 0.717) is 12.2 Å². The number of rotatable bonds is 3. The Kier molecular flexibility index (Phi) is 2.95. The summed E-state index contributed by atoms with van der Waals surface area (Å²) in [4.78, 5) is 26.4. The van der Waals surface area contributed by atoms with Crippen molar-refractivity contribution in [2.75, 3.05) is 11.4 Å². The Bertz CT molecular complexity index is 685. The van der Waals surface area contributed by atoms with Gasteiger partial charge in [-0.1, -0.05) is 6.07 Å². The van der Waals surface area contributed by atoms with Crippen molar-refractivity contribution < 1.29 is 14.7 Å². The second kappa shape index (κ2) is 4.43. The standard InChI is InChI=1S/C14H13NO3S2/c1-14(2)7-15(13(14)18)10-8(9-4-3-5-19-9)6-20-11(10)12(16)17/h3-6H,7H2,1-2H3,(H,16,17). The predicted octanol–water partition coefficient (Wildman–Crippen LogP) is 3.55. The third-order valence-corrected chi connectivity index (χ3v) is 5.25. The van der Waals surface area contributed by atoms with E-state index in [4.69, 9.17) is 0 Å². The molecule has 3 rings (SSSR count). The largest absolute Gasteiger partial charge is 0.477 e. The maximum absolute atomic E-state index is 12.2. The molecule has 1 amide bonds. The minimum absolute atomic E-state index is 0.0174. The van der Waals surface area contributed by atoms with E-state index in [2.05, 4.69) is 0 Å². The molecule has 0 radical (unpaired) electrons. The van der Waals surface area contributed by atoms with E-state index < -0.39 is 11.4 Å². The number of hydrogen-bond acceptors (Lipinski definition) is 4. The SMILES string of the molecule is CC1(C)CN(c2c(-c3cccs3)csc2C(=O)O)C1=O. The van der Waals surface area contributed by atoms with Gasteiger partial charge in [0, 0.05) is 22.4 Å². The zero-order valence-electron chi connectivity index (χ0n) is 11.0. The topological polar surface area (TPSA) is 57.6 Å². The number of thiophene rings is 2. The third kappa shape index (κ3) is 1.87. The third-order valence-electron chi connectivity index (χ3n) is 3.39. The van der Waals surface area contributed by atoms with E-state index in [1.54, 1.807) is 16.2 Å². The van der Waals surface area contributed by atoms with Crippen molar-refractivity contribution in [2.45, 2.75) is 13.8 Å². The molecule has 6 heteroatoms. The smallest absolute Gasteiger partial charge is 0.348 e. The lowest BCUT2D eigenvalue weighted by Crippen LogP contribution is -2.59. The highest BCUT2D eigenvalue weighted by Gasteiger charge is 2.47. The van der Waals surface area contributed by atoms with Crippen LogP contribution in [0.25, 0.3) is 10.4 Å². The molecular weight excluding hydrogens is 294 g/mol. The van der Waals surface area contributed by atoms with Gasteiger partial charge in [0.05, 0.1) is 11.1 Å². The fourth-order valence-electron chi connectivity index (χ4n) is 2.37. The number of β-lactam (4-membered cyclic amide) rings is 1. The van der Waals surface area contributed by atoms with Gasteiger partial charge in [0.25, 0.3) is 0 Å². The van der Waals surface area contributed by atoms with Gasteiger partial charge in [-0.3, -0.25) is 4.79 Å². The number of carboxylic acid groups (broad SMARTS) is 1. The molecule has 2 aromatic heterocycles. The molecule has 0 atom stereocenters. The first-order valence-electron chi connectivity index (χ1n) is 6.12. The molecule has 104 valence electrons. The van der Waals surface area contributed by atoms with Crippen LogP contribution in [0.1, 0.15) is 23.5 Å². The van der Waals surface area contributed by atoms with Crippen LogP contribution in [0.3, 0.4) is 0 Å². The lowest BCUT2D eigenvalue weighted by atomic mass is 9.82. The first-order valence-corrected chi connectivity index (χ1v) is 7.88. The Morgan fingerprint density at radius 2 is 2.15 bits per heavy atom. The minimum Gasteiger partial charge on any atom is -0.477 e. The predicted molar refractivity (Wildman–Crippen MR) is 80.7 cm³/mol. The van der Waals surface area contributed by atoms with E-state index in [-0.39, 0.29) is 10.8 Å². The molecule has 0 unspecified atom stereocenters. The van der Waals surface area contributed by atoms with Crippen LogP contribution in [-0.4, -0.2) is 23.5 Å². The number of carbonyl (C=O) groups is 2. The van der Waals surface area contributed by atoms with Crippen molar-refractivity contribution in [3.05, 3.63) is 27.8 Å².